The van der Waals surface area contributed by atoms with Gasteiger partial charge in [0.2, 0.25) is 10.0 Å². The molecular weight excluding hydrogens is 342 g/mol. The van der Waals surface area contributed by atoms with Crippen molar-refractivity contribution in [2.45, 2.75) is 55.6 Å². The average Bonchev–Trinajstić information content (AvgIpc) is 2.77. The Hall–Kier alpha value is -1.22. The molecule has 1 aromatic rings. The van der Waals surface area contributed by atoms with E-state index in [4.69, 9.17) is 0 Å². The van der Waals surface area contributed by atoms with E-state index in [1.807, 2.05) is 0 Å². The van der Waals surface area contributed by atoms with Crippen molar-refractivity contribution in [2.75, 3.05) is 0 Å². The molecule has 0 aliphatic carbocycles. The number of nitro groups is 1. The fourth-order valence-electron chi connectivity index (χ4n) is 3.44. The molecule has 0 saturated carbocycles. The van der Waals surface area contributed by atoms with Crippen LogP contribution in [0.3, 0.4) is 0 Å². The zero-order valence-electron chi connectivity index (χ0n) is 12.7. The van der Waals surface area contributed by atoms with Crippen LogP contribution in [0.2, 0.25) is 0 Å². The van der Waals surface area contributed by atoms with Gasteiger partial charge in [0.25, 0.3) is 5.69 Å². The molecule has 2 fully saturated rings. The molecule has 1 aromatic carbocycles. The molecule has 3 rings (SSSR count). The molecule has 23 heavy (non-hydrogen) atoms. The quantitative estimate of drug-likeness (QED) is 0.629. The Morgan fingerprint density at radius 1 is 1.26 bits per heavy atom. The number of fused-ring (bicyclic) bond motifs is 2. The van der Waals surface area contributed by atoms with E-state index in [2.05, 4.69) is 10.0 Å². The highest BCUT2D eigenvalue weighted by Crippen LogP contribution is 2.28. The Morgan fingerprint density at radius 3 is 2.39 bits per heavy atom. The molecule has 0 amide bonds. The SMILES string of the molecule is Cc1cc(S(=O)(=O)NC2CC3CCC(C2)N3)ccc1[N+](=O)[O-].Cl. The monoisotopic (exact) mass is 361 g/mol. The maximum absolute atomic E-state index is 12.5. The van der Waals surface area contributed by atoms with Gasteiger partial charge in [0.1, 0.15) is 0 Å². The highest BCUT2D eigenvalue weighted by Gasteiger charge is 2.35. The fourth-order valence-corrected chi connectivity index (χ4v) is 4.79. The number of rotatable bonds is 4. The standard InChI is InChI=1S/C14H19N3O4S.ClH/c1-9-6-13(4-5-14(9)17(18)19)22(20,21)16-12-7-10-2-3-11(8-12)15-10;/h4-6,10-12,15-16H,2-3,7-8H2,1H3;1H. The van der Waals surface area contributed by atoms with Crippen molar-refractivity contribution < 1.29 is 13.3 Å². The maximum atomic E-state index is 12.5. The molecule has 2 unspecified atom stereocenters. The molecule has 2 heterocycles. The van der Waals surface area contributed by atoms with Gasteiger partial charge >= 0.3 is 0 Å². The molecule has 0 spiro atoms. The number of piperidine rings is 1. The minimum atomic E-state index is -3.64. The zero-order valence-corrected chi connectivity index (χ0v) is 14.3. The largest absolute Gasteiger partial charge is 0.311 e. The lowest BCUT2D eigenvalue weighted by molar-refractivity contribution is -0.385. The summed E-state index contributed by atoms with van der Waals surface area (Å²) in [4.78, 5) is 10.4. The van der Waals surface area contributed by atoms with Gasteiger partial charge in [-0.1, -0.05) is 0 Å². The van der Waals surface area contributed by atoms with E-state index < -0.39 is 14.9 Å². The molecule has 2 N–H and O–H groups in total. The highest BCUT2D eigenvalue weighted by molar-refractivity contribution is 7.89. The predicted molar refractivity (Wildman–Crippen MR) is 88.4 cm³/mol. The van der Waals surface area contributed by atoms with Crippen molar-refractivity contribution >= 4 is 28.1 Å². The summed E-state index contributed by atoms with van der Waals surface area (Å²) in [7, 11) is -3.64. The van der Waals surface area contributed by atoms with Gasteiger partial charge in [-0.25, -0.2) is 13.1 Å². The number of halogens is 1. The van der Waals surface area contributed by atoms with Gasteiger partial charge in [0.15, 0.2) is 0 Å². The number of hydrogen-bond donors (Lipinski definition) is 2. The predicted octanol–water partition coefficient (Wildman–Crippen LogP) is 1.89. The summed E-state index contributed by atoms with van der Waals surface area (Å²) in [5, 5.41) is 14.3. The molecule has 0 aromatic heterocycles. The van der Waals surface area contributed by atoms with E-state index in [0.717, 1.165) is 25.7 Å². The molecule has 2 atom stereocenters. The number of aryl methyl sites for hydroxylation is 1. The first-order valence-electron chi connectivity index (χ1n) is 7.38. The molecule has 2 aliphatic heterocycles. The van der Waals surface area contributed by atoms with E-state index in [1.165, 1.54) is 18.2 Å². The Morgan fingerprint density at radius 2 is 1.87 bits per heavy atom. The molecule has 0 radical (unpaired) electrons. The summed E-state index contributed by atoms with van der Waals surface area (Å²) < 4.78 is 27.7. The zero-order chi connectivity index (χ0) is 15.9. The summed E-state index contributed by atoms with van der Waals surface area (Å²) >= 11 is 0. The van der Waals surface area contributed by atoms with Gasteiger partial charge in [-0.15, -0.1) is 12.4 Å². The van der Waals surface area contributed by atoms with Crippen LogP contribution in [0.4, 0.5) is 5.69 Å². The van der Waals surface area contributed by atoms with Crippen molar-refractivity contribution in [3.63, 3.8) is 0 Å². The molecule has 7 nitrogen and oxygen atoms in total. The maximum Gasteiger partial charge on any atom is 0.272 e. The number of hydrogen-bond acceptors (Lipinski definition) is 5. The van der Waals surface area contributed by atoms with Crippen LogP contribution in [0.25, 0.3) is 0 Å². The Bertz CT molecular complexity index is 698. The van der Waals surface area contributed by atoms with Crippen LogP contribution in [-0.4, -0.2) is 31.5 Å². The lowest BCUT2D eigenvalue weighted by Gasteiger charge is -2.29. The number of nitrogens with one attached hydrogen (secondary N) is 2. The Labute approximate surface area is 141 Å². The van der Waals surface area contributed by atoms with Crippen molar-refractivity contribution in [1.29, 1.82) is 0 Å². The van der Waals surface area contributed by atoms with Crippen LogP contribution in [0, 0.1) is 17.0 Å². The second-order valence-corrected chi connectivity index (χ2v) is 7.85. The van der Waals surface area contributed by atoms with Crippen LogP contribution in [0.1, 0.15) is 31.2 Å². The molecule has 2 aliphatic rings. The molecule has 2 saturated heterocycles. The lowest BCUT2D eigenvalue weighted by Crippen LogP contribution is -2.47. The lowest BCUT2D eigenvalue weighted by atomic mass is 10.0. The summed E-state index contributed by atoms with van der Waals surface area (Å²) in [6.45, 7) is 1.54. The second-order valence-electron chi connectivity index (χ2n) is 6.13. The summed E-state index contributed by atoms with van der Waals surface area (Å²) in [5.41, 5.74) is 0.275. The van der Waals surface area contributed by atoms with Crippen LogP contribution in [0.5, 0.6) is 0 Å². The van der Waals surface area contributed by atoms with Crippen molar-refractivity contribution in [3.8, 4) is 0 Å². The molecule has 128 valence electrons. The third-order valence-electron chi connectivity index (χ3n) is 4.47. The Kier molecular flexibility index (Phi) is 5.30. The van der Waals surface area contributed by atoms with Gasteiger partial charge in [-0.3, -0.25) is 10.1 Å². The summed E-state index contributed by atoms with van der Waals surface area (Å²) in [6, 6.07) is 4.62. The van der Waals surface area contributed by atoms with E-state index in [9.17, 15) is 18.5 Å². The minimum Gasteiger partial charge on any atom is -0.311 e. The molecule has 9 heteroatoms. The van der Waals surface area contributed by atoms with E-state index in [0.29, 0.717) is 17.6 Å². The third kappa shape index (κ3) is 3.82. The van der Waals surface area contributed by atoms with Crippen LogP contribution < -0.4 is 10.0 Å². The van der Waals surface area contributed by atoms with Crippen LogP contribution in [-0.2, 0) is 10.0 Å². The number of sulfonamides is 1. The van der Waals surface area contributed by atoms with Gasteiger partial charge in [-0.2, -0.15) is 0 Å². The number of nitrogens with zero attached hydrogens (tertiary/aromatic N) is 1. The van der Waals surface area contributed by atoms with Crippen LogP contribution in [0.15, 0.2) is 23.1 Å². The topological polar surface area (TPSA) is 101 Å². The normalized spacial score (nSPS) is 26.6. The van der Waals surface area contributed by atoms with Gasteiger partial charge in [0, 0.05) is 29.8 Å². The van der Waals surface area contributed by atoms with E-state index >= 15 is 0 Å². The third-order valence-corrected chi connectivity index (χ3v) is 5.99. The first-order valence-corrected chi connectivity index (χ1v) is 8.87. The summed E-state index contributed by atoms with van der Waals surface area (Å²) in [5.74, 6) is 0. The Balaban J connectivity index is 0.00000192. The number of benzene rings is 1. The first-order chi connectivity index (χ1) is 10.3. The van der Waals surface area contributed by atoms with Gasteiger partial charge in [0.05, 0.1) is 9.82 Å². The minimum absolute atomic E-state index is 0. The van der Waals surface area contributed by atoms with Gasteiger partial charge in [-0.05, 0) is 44.7 Å². The molecule has 2 bridgehead atoms. The van der Waals surface area contributed by atoms with Crippen molar-refractivity contribution in [1.82, 2.24) is 10.0 Å². The highest BCUT2D eigenvalue weighted by atomic mass is 35.5. The first kappa shape index (κ1) is 18.1. The smallest absolute Gasteiger partial charge is 0.272 e. The van der Waals surface area contributed by atoms with Crippen LogP contribution >= 0.6 is 12.4 Å². The van der Waals surface area contributed by atoms with E-state index in [-0.39, 0.29) is 29.0 Å². The van der Waals surface area contributed by atoms with Crippen molar-refractivity contribution in [3.05, 3.63) is 33.9 Å². The van der Waals surface area contributed by atoms with E-state index in [1.54, 1.807) is 6.92 Å². The second kappa shape index (κ2) is 6.72. The summed E-state index contributed by atoms with van der Waals surface area (Å²) in [6.07, 6.45) is 3.78. The fraction of sp³-hybridized carbons (Fsp3) is 0.571. The molecular formula is C14H20ClN3O4S. The van der Waals surface area contributed by atoms with Gasteiger partial charge < -0.3 is 5.32 Å². The van der Waals surface area contributed by atoms with Crippen molar-refractivity contribution in [2.24, 2.45) is 0 Å². The number of nitro benzene ring substituents is 1. The average molecular weight is 362 g/mol.